The first-order valence-electron chi connectivity index (χ1n) is 11.2. The zero-order valence-corrected chi connectivity index (χ0v) is 19.6. The Kier molecular flexibility index (Phi) is 5.83. The lowest BCUT2D eigenvalue weighted by Gasteiger charge is -2.47. The molecule has 4 N–H and O–H groups in total. The molecule has 2 aliphatic rings. The molecule has 0 radical (unpaired) electrons. The van der Waals surface area contributed by atoms with Gasteiger partial charge in [-0.05, 0) is 37.0 Å². The number of aliphatic imine (C=N–C) groups is 1. The number of nitrogens with two attached hydrogens (primary N) is 2. The number of rotatable bonds is 6. The lowest BCUT2D eigenvalue weighted by Crippen LogP contribution is -2.65. The van der Waals surface area contributed by atoms with E-state index in [0.717, 1.165) is 28.5 Å². The molecule has 0 bridgehead atoms. The van der Waals surface area contributed by atoms with Gasteiger partial charge in [-0.1, -0.05) is 28.9 Å². The van der Waals surface area contributed by atoms with Crippen molar-refractivity contribution in [3.8, 4) is 0 Å². The standard InChI is InChI=1S/C24H26ClN7O2/c1-14-10-17(34-31-14)11-18(15-2-4-16(25)5-3-15)19-12-32(9-7-24(19,27)23(26)33)22-21-20(6-8-28-21)29-13-30-22/h2-5,8,10,13,18-19H,6-7,9,11-12,27H2,1H3,(H2,26,33). The second kappa shape index (κ2) is 8.81. The second-order valence-corrected chi connectivity index (χ2v) is 9.45. The number of aromatic nitrogens is 3. The van der Waals surface area contributed by atoms with E-state index >= 15 is 0 Å². The number of aryl methyl sites for hydroxylation is 1. The van der Waals surface area contributed by atoms with Crippen molar-refractivity contribution in [2.24, 2.45) is 22.4 Å². The van der Waals surface area contributed by atoms with E-state index in [9.17, 15) is 4.79 Å². The van der Waals surface area contributed by atoms with E-state index in [-0.39, 0.29) is 11.8 Å². The van der Waals surface area contributed by atoms with Crippen LogP contribution < -0.4 is 16.4 Å². The fraction of sp³-hybridized carbons (Fsp3) is 0.375. The Balaban J connectivity index is 1.56. The summed E-state index contributed by atoms with van der Waals surface area (Å²) < 4.78 is 5.55. The minimum absolute atomic E-state index is 0.177. The molecule has 4 heterocycles. The summed E-state index contributed by atoms with van der Waals surface area (Å²) in [6, 6.07) is 9.50. The van der Waals surface area contributed by atoms with Crippen LogP contribution in [0.15, 0.2) is 46.2 Å². The summed E-state index contributed by atoms with van der Waals surface area (Å²) in [5, 5.41) is 4.66. The largest absolute Gasteiger partial charge is 0.368 e. The molecule has 1 saturated heterocycles. The van der Waals surface area contributed by atoms with Gasteiger partial charge in [0.1, 0.15) is 23.3 Å². The van der Waals surface area contributed by atoms with E-state index in [2.05, 4.69) is 25.0 Å². The smallest absolute Gasteiger partial charge is 0.237 e. The van der Waals surface area contributed by atoms with Crippen LogP contribution in [0.2, 0.25) is 5.02 Å². The SMILES string of the molecule is Cc1cc(CC(c2ccc(Cl)cc2)C2CN(c3ncnc4c3N=CC4)CCC2(N)C(N)=O)on1. The van der Waals surface area contributed by atoms with Crippen molar-refractivity contribution < 1.29 is 9.32 Å². The number of hydrogen-bond donors (Lipinski definition) is 2. The molecule has 0 spiro atoms. The molecule has 2 aromatic heterocycles. The molecule has 1 amide bonds. The Morgan fingerprint density at radius 3 is 2.82 bits per heavy atom. The molecule has 3 aromatic rings. The van der Waals surface area contributed by atoms with Gasteiger partial charge in [-0.2, -0.15) is 0 Å². The molecule has 3 atom stereocenters. The molecule has 0 saturated carbocycles. The number of amides is 1. The van der Waals surface area contributed by atoms with E-state index in [0.29, 0.717) is 43.1 Å². The molecular formula is C24H26ClN7O2. The summed E-state index contributed by atoms with van der Waals surface area (Å²) in [6.45, 7) is 2.88. The number of nitrogens with zero attached hydrogens (tertiary/aromatic N) is 5. The number of carbonyl (C=O) groups is 1. The monoisotopic (exact) mass is 479 g/mol. The fourth-order valence-electron chi connectivity index (χ4n) is 5.05. The molecule has 2 aliphatic heterocycles. The van der Waals surface area contributed by atoms with Crippen LogP contribution in [0.4, 0.5) is 11.5 Å². The van der Waals surface area contributed by atoms with Crippen LogP contribution in [-0.4, -0.2) is 45.9 Å². The first-order valence-corrected chi connectivity index (χ1v) is 11.6. The van der Waals surface area contributed by atoms with Crippen LogP contribution in [0.1, 0.15) is 35.1 Å². The van der Waals surface area contributed by atoms with Crippen molar-refractivity contribution in [3.05, 3.63) is 64.4 Å². The third-order valence-electron chi connectivity index (χ3n) is 6.90. The van der Waals surface area contributed by atoms with Gasteiger partial charge in [-0.3, -0.25) is 9.79 Å². The van der Waals surface area contributed by atoms with Gasteiger partial charge in [0.25, 0.3) is 0 Å². The molecular weight excluding hydrogens is 454 g/mol. The number of carbonyl (C=O) groups excluding carboxylic acids is 1. The van der Waals surface area contributed by atoms with Crippen LogP contribution in [-0.2, 0) is 17.6 Å². The number of fused-ring (bicyclic) bond motifs is 1. The number of benzene rings is 1. The minimum Gasteiger partial charge on any atom is -0.368 e. The van der Waals surface area contributed by atoms with Gasteiger partial charge >= 0.3 is 0 Å². The van der Waals surface area contributed by atoms with Gasteiger partial charge in [0.15, 0.2) is 5.82 Å². The van der Waals surface area contributed by atoms with Gasteiger partial charge in [0.2, 0.25) is 5.91 Å². The number of hydrogen-bond acceptors (Lipinski definition) is 8. The van der Waals surface area contributed by atoms with Crippen molar-refractivity contribution >= 4 is 35.2 Å². The quantitative estimate of drug-likeness (QED) is 0.554. The highest BCUT2D eigenvalue weighted by atomic mass is 35.5. The average molecular weight is 480 g/mol. The first kappa shape index (κ1) is 22.5. The predicted octanol–water partition coefficient (Wildman–Crippen LogP) is 2.72. The number of anilines is 1. The van der Waals surface area contributed by atoms with Gasteiger partial charge in [-0.15, -0.1) is 0 Å². The van der Waals surface area contributed by atoms with Crippen LogP contribution in [0.3, 0.4) is 0 Å². The molecule has 0 aliphatic carbocycles. The van der Waals surface area contributed by atoms with E-state index in [1.807, 2.05) is 43.5 Å². The second-order valence-electron chi connectivity index (χ2n) is 9.01. The molecule has 34 heavy (non-hydrogen) atoms. The maximum absolute atomic E-state index is 12.7. The molecule has 3 unspecified atom stereocenters. The maximum Gasteiger partial charge on any atom is 0.237 e. The number of halogens is 1. The van der Waals surface area contributed by atoms with Gasteiger partial charge in [-0.25, -0.2) is 9.97 Å². The lowest BCUT2D eigenvalue weighted by atomic mass is 9.68. The third kappa shape index (κ3) is 4.05. The van der Waals surface area contributed by atoms with Gasteiger partial charge < -0.3 is 20.9 Å². The van der Waals surface area contributed by atoms with Crippen molar-refractivity contribution in [2.75, 3.05) is 18.0 Å². The van der Waals surface area contributed by atoms with E-state index in [1.165, 1.54) is 0 Å². The van der Waals surface area contributed by atoms with Crippen LogP contribution in [0, 0.1) is 12.8 Å². The Bertz CT molecular complexity index is 1240. The number of piperidine rings is 1. The van der Waals surface area contributed by atoms with E-state index in [4.69, 9.17) is 27.6 Å². The van der Waals surface area contributed by atoms with E-state index < -0.39 is 11.4 Å². The van der Waals surface area contributed by atoms with Crippen LogP contribution >= 0.6 is 11.6 Å². The maximum atomic E-state index is 12.7. The molecule has 1 aromatic carbocycles. The topological polar surface area (TPSA) is 137 Å². The molecule has 1 fully saturated rings. The lowest BCUT2D eigenvalue weighted by molar-refractivity contribution is -0.126. The Morgan fingerprint density at radius 2 is 2.12 bits per heavy atom. The predicted molar refractivity (Wildman–Crippen MR) is 129 cm³/mol. The number of primary amides is 1. The first-order chi connectivity index (χ1) is 16.3. The summed E-state index contributed by atoms with van der Waals surface area (Å²) in [7, 11) is 0. The van der Waals surface area contributed by atoms with Crippen molar-refractivity contribution in [3.63, 3.8) is 0 Å². The van der Waals surface area contributed by atoms with Gasteiger partial charge in [0.05, 0.1) is 11.4 Å². The third-order valence-corrected chi connectivity index (χ3v) is 7.15. The van der Waals surface area contributed by atoms with Crippen LogP contribution in [0.25, 0.3) is 0 Å². The van der Waals surface area contributed by atoms with Gasteiger partial charge in [0, 0.05) is 49.2 Å². The zero-order valence-electron chi connectivity index (χ0n) is 18.8. The van der Waals surface area contributed by atoms with Crippen LogP contribution in [0.5, 0.6) is 0 Å². The Hall–Kier alpha value is -3.30. The highest BCUT2D eigenvalue weighted by Crippen LogP contribution is 2.42. The van der Waals surface area contributed by atoms with Crippen molar-refractivity contribution in [2.45, 2.75) is 37.6 Å². The average Bonchev–Trinajstić information content (AvgIpc) is 3.47. The summed E-state index contributed by atoms with van der Waals surface area (Å²) in [5.41, 5.74) is 14.9. The Morgan fingerprint density at radius 1 is 1.32 bits per heavy atom. The Labute approximate surface area is 202 Å². The van der Waals surface area contributed by atoms with Crippen molar-refractivity contribution in [1.29, 1.82) is 0 Å². The summed E-state index contributed by atoms with van der Waals surface area (Å²) in [5.74, 6) is 0.440. The minimum atomic E-state index is -1.21. The highest BCUT2D eigenvalue weighted by molar-refractivity contribution is 6.30. The normalized spacial score (nSPS) is 22.6. The van der Waals surface area contributed by atoms with E-state index in [1.54, 1.807) is 6.33 Å². The molecule has 10 heteroatoms. The molecule has 176 valence electrons. The molecule has 9 nitrogen and oxygen atoms in total. The highest BCUT2D eigenvalue weighted by Gasteiger charge is 2.49. The zero-order chi connectivity index (χ0) is 23.9. The fourth-order valence-corrected chi connectivity index (χ4v) is 5.18. The summed E-state index contributed by atoms with van der Waals surface area (Å²) >= 11 is 6.17. The van der Waals surface area contributed by atoms with Crippen molar-refractivity contribution in [1.82, 2.24) is 15.1 Å². The molecule has 5 rings (SSSR count). The summed E-state index contributed by atoms with van der Waals surface area (Å²) in [4.78, 5) is 28.2. The summed E-state index contributed by atoms with van der Waals surface area (Å²) in [6.07, 6.45) is 4.97.